The van der Waals surface area contributed by atoms with E-state index in [1.165, 1.54) is 18.9 Å². The van der Waals surface area contributed by atoms with E-state index < -0.39 is 0 Å². The van der Waals surface area contributed by atoms with E-state index >= 15 is 0 Å². The largest absolute Gasteiger partial charge is 0.380 e. The molecule has 2 rings (SSSR count). The van der Waals surface area contributed by atoms with Crippen molar-refractivity contribution in [1.82, 2.24) is 5.32 Å². The fourth-order valence-electron chi connectivity index (χ4n) is 2.77. The smallest absolute Gasteiger partial charge is 0.123 e. The summed E-state index contributed by atoms with van der Waals surface area (Å²) in [6.07, 6.45) is 3.57. The molecule has 3 heteroatoms. The molecule has 1 aromatic carbocycles. The van der Waals surface area contributed by atoms with E-state index in [-0.39, 0.29) is 18.0 Å². The van der Waals surface area contributed by atoms with E-state index in [1.807, 2.05) is 13.0 Å². The number of nitrogens with one attached hydrogen (secondary N) is 1. The van der Waals surface area contributed by atoms with Crippen molar-refractivity contribution in [2.24, 2.45) is 5.92 Å². The van der Waals surface area contributed by atoms with Crippen molar-refractivity contribution in [2.45, 2.75) is 45.3 Å². The summed E-state index contributed by atoms with van der Waals surface area (Å²) in [5.41, 5.74) is 2.23. The molecular formula is C16H24FNO. The average molecular weight is 265 g/mol. The third-order valence-corrected chi connectivity index (χ3v) is 3.97. The third kappa shape index (κ3) is 3.77. The first-order chi connectivity index (χ1) is 9.15. The minimum absolute atomic E-state index is 0.156. The number of ether oxygens (including phenoxy) is 1. The first-order valence-corrected chi connectivity index (χ1v) is 7.17. The summed E-state index contributed by atoms with van der Waals surface area (Å²) in [4.78, 5) is 0. The van der Waals surface area contributed by atoms with Crippen LogP contribution in [0, 0.1) is 18.7 Å². The van der Waals surface area contributed by atoms with Gasteiger partial charge in [0.25, 0.3) is 0 Å². The van der Waals surface area contributed by atoms with E-state index in [2.05, 4.69) is 12.2 Å². The zero-order valence-corrected chi connectivity index (χ0v) is 12.1. The Balaban J connectivity index is 2.12. The maximum Gasteiger partial charge on any atom is 0.123 e. The number of aryl methyl sites for hydroxylation is 1. The Morgan fingerprint density at radius 1 is 1.42 bits per heavy atom. The molecule has 106 valence electrons. The van der Waals surface area contributed by atoms with Crippen LogP contribution in [0.3, 0.4) is 0 Å². The molecule has 1 aliphatic rings. The van der Waals surface area contributed by atoms with Crippen LogP contribution in [0.25, 0.3) is 0 Å². The van der Waals surface area contributed by atoms with Crippen LogP contribution in [0.15, 0.2) is 18.2 Å². The van der Waals surface area contributed by atoms with Crippen molar-refractivity contribution in [3.8, 4) is 0 Å². The van der Waals surface area contributed by atoms with Crippen LogP contribution in [0.1, 0.15) is 30.9 Å². The van der Waals surface area contributed by atoms with Crippen molar-refractivity contribution in [3.63, 3.8) is 0 Å². The third-order valence-electron chi connectivity index (χ3n) is 3.97. The first-order valence-electron chi connectivity index (χ1n) is 7.17. The van der Waals surface area contributed by atoms with E-state index in [0.717, 1.165) is 24.1 Å². The highest BCUT2D eigenvalue weighted by Crippen LogP contribution is 2.36. The number of hydrogen-bond acceptors (Lipinski definition) is 2. The van der Waals surface area contributed by atoms with Gasteiger partial charge in [0, 0.05) is 13.2 Å². The highest BCUT2D eigenvalue weighted by atomic mass is 19.1. The van der Waals surface area contributed by atoms with Crippen molar-refractivity contribution in [1.29, 1.82) is 0 Å². The lowest BCUT2D eigenvalue weighted by atomic mass is 9.95. The van der Waals surface area contributed by atoms with E-state index in [1.54, 1.807) is 13.2 Å². The van der Waals surface area contributed by atoms with Gasteiger partial charge in [0.2, 0.25) is 0 Å². The lowest BCUT2D eigenvalue weighted by molar-refractivity contribution is 0.0515. The molecule has 2 nitrogen and oxygen atoms in total. The summed E-state index contributed by atoms with van der Waals surface area (Å²) in [6.45, 7) is 5.05. The molecule has 0 bridgehead atoms. The number of halogens is 1. The second-order valence-corrected chi connectivity index (χ2v) is 5.48. The van der Waals surface area contributed by atoms with Crippen molar-refractivity contribution in [2.75, 3.05) is 13.7 Å². The quantitative estimate of drug-likeness (QED) is 0.818. The van der Waals surface area contributed by atoms with Gasteiger partial charge in [0.1, 0.15) is 5.82 Å². The number of benzene rings is 1. The SMILES string of the molecule is CCNC(Cc1cc(F)ccc1C)C(OC)C1CC1. The van der Waals surface area contributed by atoms with Crippen LogP contribution in [-0.4, -0.2) is 25.8 Å². The molecule has 0 heterocycles. The second-order valence-electron chi connectivity index (χ2n) is 5.48. The molecule has 2 atom stereocenters. The molecular weight excluding hydrogens is 241 g/mol. The molecule has 0 aromatic heterocycles. The molecule has 2 unspecified atom stereocenters. The van der Waals surface area contributed by atoms with Gasteiger partial charge in [-0.25, -0.2) is 4.39 Å². The Morgan fingerprint density at radius 2 is 2.16 bits per heavy atom. The molecule has 1 saturated carbocycles. The fraction of sp³-hybridized carbons (Fsp3) is 0.625. The van der Waals surface area contributed by atoms with Gasteiger partial charge in [-0.1, -0.05) is 13.0 Å². The molecule has 0 spiro atoms. The summed E-state index contributed by atoms with van der Waals surface area (Å²) >= 11 is 0. The zero-order chi connectivity index (χ0) is 13.8. The normalized spacial score (nSPS) is 18.3. The van der Waals surface area contributed by atoms with Gasteiger partial charge in [-0.05, 0) is 61.9 Å². The molecule has 0 radical (unpaired) electrons. The zero-order valence-electron chi connectivity index (χ0n) is 12.1. The first kappa shape index (κ1) is 14.5. The fourth-order valence-corrected chi connectivity index (χ4v) is 2.77. The van der Waals surface area contributed by atoms with Gasteiger partial charge >= 0.3 is 0 Å². The van der Waals surface area contributed by atoms with Crippen LogP contribution >= 0.6 is 0 Å². The highest BCUT2D eigenvalue weighted by Gasteiger charge is 2.36. The molecule has 0 aliphatic heterocycles. The monoisotopic (exact) mass is 265 g/mol. The molecule has 1 fully saturated rings. The second kappa shape index (κ2) is 6.49. The molecule has 0 saturated heterocycles. The molecule has 0 amide bonds. The van der Waals surface area contributed by atoms with Crippen molar-refractivity contribution in [3.05, 3.63) is 35.1 Å². The van der Waals surface area contributed by atoms with Gasteiger partial charge in [0.05, 0.1) is 6.10 Å². The van der Waals surface area contributed by atoms with Crippen LogP contribution in [0.2, 0.25) is 0 Å². The minimum Gasteiger partial charge on any atom is -0.380 e. The lowest BCUT2D eigenvalue weighted by Gasteiger charge is -2.27. The minimum atomic E-state index is -0.156. The standard InChI is InChI=1S/C16H24FNO/c1-4-18-15(16(19-3)12-6-7-12)10-13-9-14(17)8-5-11(13)2/h5,8-9,12,15-16,18H,4,6-7,10H2,1-3H3. The molecule has 19 heavy (non-hydrogen) atoms. The van der Waals surface area contributed by atoms with Crippen LogP contribution in [0.4, 0.5) is 4.39 Å². The van der Waals surface area contributed by atoms with E-state index in [9.17, 15) is 4.39 Å². The Morgan fingerprint density at radius 3 is 2.74 bits per heavy atom. The molecule has 1 aliphatic carbocycles. The Hall–Kier alpha value is -0.930. The number of hydrogen-bond donors (Lipinski definition) is 1. The predicted octanol–water partition coefficient (Wildman–Crippen LogP) is 3.08. The number of likely N-dealkylation sites (N-methyl/N-ethyl adjacent to an activating group) is 1. The van der Waals surface area contributed by atoms with Gasteiger partial charge in [-0.3, -0.25) is 0 Å². The highest BCUT2D eigenvalue weighted by molar-refractivity contribution is 5.27. The predicted molar refractivity (Wildman–Crippen MR) is 75.8 cm³/mol. The topological polar surface area (TPSA) is 21.3 Å². The maximum atomic E-state index is 13.4. The van der Waals surface area contributed by atoms with E-state index in [0.29, 0.717) is 5.92 Å². The number of methoxy groups -OCH3 is 1. The maximum absolute atomic E-state index is 13.4. The van der Waals surface area contributed by atoms with Gasteiger partial charge in [-0.15, -0.1) is 0 Å². The number of rotatable bonds is 7. The summed E-state index contributed by atoms with van der Waals surface area (Å²) in [5, 5.41) is 3.50. The summed E-state index contributed by atoms with van der Waals surface area (Å²) in [5.74, 6) is 0.513. The lowest BCUT2D eigenvalue weighted by Crippen LogP contribution is -2.43. The van der Waals surface area contributed by atoms with Gasteiger partial charge < -0.3 is 10.1 Å². The van der Waals surface area contributed by atoms with Gasteiger partial charge in [0.15, 0.2) is 0 Å². The summed E-state index contributed by atoms with van der Waals surface area (Å²) in [7, 11) is 1.78. The average Bonchev–Trinajstić information content (AvgIpc) is 3.19. The van der Waals surface area contributed by atoms with Crippen molar-refractivity contribution < 1.29 is 9.13 Å². The summed E-state index contributed by atoms with van der Waals surface area (Å²) in [6, 6.07) is 5.30. The van der Waals surface area contributed by atoms with Crippen molar-refractivity contribution >= 4 is 0 Å². The Bertz CT molecular complexity index is 417. The Labute approximate surface area is 115 Å². The molecule has 1 N–H and O–H groups in total. The van der Waals surface area contributed by atoms with Crippen LogP contribution < -0.4 is 5.32 Å². The van der Waals surface area contributed by atoms with Gasteiger partial charge in [-0.2, -0.15) is 0 Å². The summed E-state index contributed by atoms with van der Waals surface area (Å²) < 4.78 is 19.1. The Kier molecular flexibility index (Phi) is 4.94. The molecule has 1 aromatic rings. The van der Waals surface area contributed by atoms with Crippen LogP contribution in [0.5, 0.6) is 0 Å². The van der Waals surface area contributed by atoms with E-state index in [4.69, 9.17) is 4.74 Å². The van der Waals surface area contributed by atoms with Crippen LogP contribution in [-0.2, 0) is 11.2 Å².